The number of piperidine rings is 1. The number of hydrogen-bond donors (Lipinski definition) is 0. The molecule has 27 heavy (non-hydrogen) atoms. The second kappa shape index (κ2) is 7.73. The lowest BCUT2D eigenvalue weighted by atomic mass is 10.0. The lowest BCUT2D eigenvalue weighted by Gasteiger charge is -2.32. The predicted molar refractivity (Wildman–Crippen MR) is 104 cm³/mol. The monoisotopic (exact) mass is 358 g/mol. The molecule has 0 amide bonds. The van der Waals surface area contributed by atoms with E-state index in [4.69, 9.17) is 4.74 Å². The number of aromatic nitrogens is 2. The Kier molecular flexibility index (Phi) is 4.99. The molecule has 3 aromatic rings. The summed E-state index contributed by atoms with van der Waals surface area (Å²) in [6, 6.07) is 18.1. The van der Waals surface area contributed by atoms with Crippen LogP contribution in [0.5, 0.6) is 5.88 Å². The molecule has 2 aromatic carbocycles. The fraction of sp³-hybridized carbons (Fsp3) is 0.318. The largest absolute Gasteiger partial charge is 0.474 e. The maximum atomic E-state index is 9.26. The van der Waals surface area contributed by atoms with Crippen LogP contribution >= 0.6 is 0 Å². The summed E-state index contributed by atoms with van der Waals surface area (Å²) in [6.45, 7) is 4.61. The van der Waals surface area contributed by atoms with Gasteiger partial charge in [0.05, 0.1) is 22.5 Å². The summed E-state index contributed by atoms with van der Waals surface area (Å²) in [5.74, 6) is 1.42. The number of ether oxygens (including phenoxy) is 1. The third-order valence-corrected chi connectivity index (χ3v) is 5.02. The van der Waals surface area contributed by atoms with Crippen LogP contribution in [-0.2, 0) is 6.54 Å². The topological polar surface area (TPSA) is 62.0 Å². The molecule has 0 saturated carbocycles. The number of para-hydroxylation sites is 1. The van der Waals surface area contributed by atoms with Gasteiger partial charge in [0, 0.05) is 19.6 Å². The van der Waals surface area contributed by atoms with E-state index in [-0.39, 0.29) is 6.10 Å². The molecule has 136 valence electrons. The van der Waals surface area contributed by atoms with Crippen molar-refractivity contribution in [3.63, 3.8) is 0 Å². The van der Waals surface area contributed by atoms with Crippen LogP contribution in [0.2, 0.25) is 0 Å². The quantitative estimate of drug-likeness (QED) is 0.709. The molecule has 1 aromatic heterocycles. The SMILES string of the molecule is Cc1nc(OC2CCN(Cc3ccccc3C#N)CC2)c2ccccc2n1. The Morgan fingerprint density at radius 2 is 1.81 bits per heavy atom. The molecular weight excluding hydrogens is 336 g/mol. The van der Waals surface area contributed by atoms with E-state index in [1.165, 1.54) is 0 Å². The van der Waals surface area contributed by atoms with Gasteiger partial charge in [0.15, 0.2) is 0 Å². The smallest absolute Gasteiger partial charge is 0.224 e. The van der Waals surface area contributed by atoms with Crippen molar-refractivity contribution in [1.29, 1.82) is 5.26 Å². The van der Waals surface area contributed by atoms with E-state index in [2.05, 4.69) is 20.9 Å². The van der Waals surface area contributed by atoms with Crippen LogP contribution in [0.15, 0.2) is 48.5 Å². The highest BCUT2D eigenvalue weighted by molar-refractivity contribution is 5.83. The Morgan fingerprint density at radius 3 is 2.63 bits per heavy atom. The zero-order chi connectivity index (χ0) is 18.6. The maximum absolute atomic E-state index is 9.26. The third kappa shape index (κ3) is 3.91. The number of rotatable bonds is 4. The molecule has 0 aliphatic carbocycles. The van der Waals surface area contributed by atoms with E-state index in [0.717, 1.165) is 60.3 Å². The summed E-state index contributed by atoms with van der Waals surface area (Å²) in [7, 11) is 0. The Hall–Kier alpha value is -2.97. The summed E-state index contributed by atoms with van der Waals surface area (Å²) in [5, 5.41) is 10.2. The van der Waals surface area contributed by atoms with Gasteiger partial charge in [-0.2, -0.15) is 10.2 Å². The van der Waals surface area contributed by atoms with Gasteiger partial charge in [0.2, 0.25) is 5.88 Å². The highest BCUT2D eigenvalue weighted by Crippen LogP contribution is 2.26. The van der Waals surface area contributed by atoms with Crippen LogP contribution in [0.4, 0.5) is 0 Å². The normalized spacial score (nSPS) is 15.6. The van der Waals surface area contributed by atoms with Crippen LogP contribution in [0, 0.1) is 18.3 Å². The number of hydrogen-bond acceptors (Lipinski definition) is 5. The van der Waals surface area contributed by atoms with E-state index in [1.807, 2.05) is 55.5 Å². The lowest BCUT2D eigenvalue weighted by Crippen LogP contribution is -2.38. The van der Waals surface area contributed by atoms with Crippen molar-refractivity contribution >= 4 is 10.9 Å². The molecule has 5 heteroatoms. The predicted octanol–water partition coefficient (Wildman–Crippen LogP) is 3.85. The first kappa shape index (κ1) is 17.4. The van der Waals surface area contributed by atoms with Gasteiger partial charge in [-0.15, -0.1) is 0 Å². The van der Waals surface area contributed by atoms with E-state index < -0.39 is 0 Å². The van der Waals surface area contributed by atoms with Gasteiger partial charge >= 0.3 is 0 Å². The van der Waals surface area contributed by atoms with Gasteiger partial charge in [0.25, 0.3) is 0 Å². The first-order chi connectivity index (χ1) is 13.2. The first-order valence-corrected chi connectivity index (χ1v) is 9.33. The van der Waals surface area contributed by atoms with Crippen molar-refractivity contribution < 1.29 is 4.74 Å². The molecule has 1 aliphatic rings. The standard InChI is InChI=1S/C22H22N4O/c1-16-24-21-9-5-4-8-20(21)22(25-16)27-19-10-12-26(13-11-19)15-18-7-3-2-6-17(18)14-23/h2-9,19H,10-13,15H2,1H3. The number of likely N-dealkylation sites (tertiary alicyclic amines) is 1. The van der Waals surface area contributed by atoms with Crippen LogP contribution in [-0.4, -0.2) is 34.1 Å². The molecular formula is C22H22N4O. The van der Waals surface area contributed by atoms with Gasteiger partial charge < -0.3 is 4.74 Å². The van der Waals surface area contributed by atoms with Crippen molar-refractivity contribution in [2.24, 2.45) is 0 Å². The van der Waals surface area contributed by atoms with E-state index >= 15 is 0 Å². The molecule has 0 spiro atoms. The zero-order valence-electron chi connectivity index (χ0n) is 15.4. The molecule has 5 nitrogen and oxygen atoms in total. The minimum atomic E-state index is 0.158. The molecule has 2 heterocycles. The zero-order valence-corrected chi connectivity index (χ0v) is 15.4. The van der Waals surface area contributed by atoms with Crippen molar-refractivity contribution in [3.8, 4) is 11.9 Å². The Labute approximate surface area is 159 Å². The number of aryl methyl sites for hydroxylation is 1. The molecule has 1 aliphatic heterocycles. The summed E-state index contributed by atoms with van der Waals surface area (Å²) in [5.41, 5.74) is 2.78. The summed E-state index contributed by atoms with van der Waals surface area (Å²) in [4.78, 5) is 11.4. The fourth-order valence-electron chi connectivity index (χ4n) is 3.60. The van der Waals surface area contributed by atoms with Gasteiger partial charge in [-0.05, 0) is 43.5 Å². The molecule has 0 unspecified atom stereocenters. The van der Waals surface area contributed by atoms with Crippen LogP contribution in [0.25, 0.3) is 10.9 Å². The first-order valence-electron chi connectivity index (χ1n) is 9.33. The molecule has 0 radical (unpaired) electrons. The Balaban J connectivity index is 1.41. The molecule has 0 N–H and O–H groups in total. The summed E-state index contributed by atoms with van der Waals surface area (Å²) < 4.78 is 6.26. The van der Waals surface area contributed by atoms with Gasteiger partial charge in [-0.25, -0.2) is 4.98 Å². The van der Waals surface area contributed by atoms with Crippen molar-refractivity contribution in [1.82, 2.24) is 14.9 Å². The molecule has 0 bridgehead atoms. The lowest BCUT2D eigenvalue weighted by molar-refractivity contribution is 0.0943. The number of fused-ring (bicyclic) bond motifs is 1. The number of nitrogens with zero attached hydrogens (tertiary/aromatic N) is 4. The second-order valence-electron chi connectivity index (χ2n) is 6.96. The molecule has 0 atom stereocenters. The number of benzene rings is 2. The molecule has 1 saturated heterocycles. The van der Waals surface area contributed by atoms with E-state index in [1.54, 1.807) is 0 Å². The van der Waals surface area contributed by atoms with E-state index in [9.17, 15) is 5.26 Å². The molecule has 1 fully saturated rings. The third-order valence-electron chi connectivity index (χ3n) is 5.02. The van der Waals surface area contributed by atoms with Crippen LogP contribution in [0.1, 0.15) is 29.8 Å². The van der Waals surface area contributed by atoms with Crippen LogP contribution in [0.3, 0.4) is 0 Å². The van der Waals surface area contributed by atoms with Gasteiger partial charge in [0.1, 0.15) is 11.9 Å². The highest BCUT2D eigenvalue weighted by atomic mass is 16.5. The summed E-state index contributed by atoms with van der Waals surface area (Å²) in [6.07, 6.45) is 2.06. The van der Waals surface area contributed by atoms with Crippen molar-refractivity contribution in [2.45, 2.75) is 32.4 Å². The minimum absolute atomic E-state index is 0.158. The maximum Gasteiger partial charge on any atom is 0.224 e. The van der Waals surface area contributed by atoms with Crippen LogP contribution < -0.4 is 4.74 Å². The second-order valence-corrected chi connectivity index (χ2v) is 6.96. The molecule has 4 rings (SSSR count). The Bertz CT molecular complexity index is 987. The van der Waals surface area contributed by atoms with Crippen molar-refractivity contribution in [2.75, 3.05) is 13.1 Å². The van der Waals surface area contributed by atoms with E-state index in [0.29, 0.717) is 5.88 Å². The average Bonchev–Trinajstić information content (AvgIpc) is 2.70. The minimum Gasteiger partial charge on any atom is -0.474 e. The Morgan fingerprint density at radius 1 is 1.07 bits per heavy atom. The average molecular weight is 358 g/mol. The summed E-state index contributed by atoms with van der Waals surface area (Å²) >= 11 is 0. The van der Waals surface area contributed by atoms with Gasteiger partial charge in [-0.3, -0.25) is 4.90 Å². The van der Waals surface area contributed by atoms with Crippen molar-refractivity contribution in [3.05, 3.63) is 65.5 Å². The highest BCUT2D eigenvalue weighted by Gasteiger charge is 2.22. The fourth-order valence-corrected chi connectivity index (χ4v) is 3.60. The number of nitriles is 1. The van der Waals surface area contributed by atoms with Gasteiger partial charge in [-0.1, -0.05) is 30.3 Å².